The van der Waals surface area contributed by atoms with Crippen LogP contribution in [0.25, 0.3) is 0 Å². The molecule has 0 amide bonds. The number of carbonyl (C=O) groups is 1. The summed E-state index contributed by atoms with van der Waals surface area (Å²) in [5.41, 5.74) is 0. The van der Waals surface area contributed by atoms with Gasteiger partial charge in [-0.25, -0.2) is 4.79 Å². The molecule has 10 heteroatoms. The Bertz CT molecular complexity index is 291. The van der Waals surface area contributed by atoms with Gasteiger partial charge in [0.1, 0.15) is 0 Å². The van der Waals surface area contributed by atoms with Gasteiger partial charge in [-0.15, -0.1) is 0 Å². The van der Waals surface area contributed by atoms with Crippen molar-refractivity contribution in [3.8, 4) is 0 Å². The molecule has 1 rings (SSSR count). The first kappa shape index (κ1) is 18.0. The van der Waals surface area contributed by atoms with E-state index >= 15 is 0 Å². The Balaban J connectivity index is 0.000000399. The molecule has 1 heterocycles. The van der Waals surface area contributed by atoms with Crippen LogP contribution in [0, 0.1) is 0 Å². The SMILES string of the molecule is C[C@@H]1CNCCN1CC(F)(F)F.O=C(O)C(F)(F)F. The average molecular weight is 296 g/mol. The predicted octanol–water partition coefficient (Wildman–Crippen LogP) is 1.48. The molecule has 0 radical (unpaired) electrons. The molecule has 0 aromatic heterocycles. The van der Waals surface area contributed by atoms with Gasteiger partial charge in [-0.05, 0) is 6.92 Å². The molecule has 19 heavy (non-hydrogen) atoms. The van der Waals surface area contributed by atoms with Crippen molar-refractivity contribution < 1.29 is 36.2 Å². The van der Waals surface area contributed by atoms with E-state index in [1.54, 1.807) is 6.92 Å². The smallest absolute Gasteiger partial charge is 0.475 e. The summed E-state index contributed by atoms with van der Waals surface area (Å²) in [6.45, 7) is 2.81. The van der Waals surface area contributed by atoms with Crippen LogP contribution in [0.1, 0.15) is 6.92 Å². The minimum Gasteiger partial charge on any atom is -0.475 e. The summed E-state index contributed by atoms with van der Waals surface area (Å²) < 4.78 is 67.6. The van der Waals surface area contributed by atoms with E-state index in [1.807, 2.05) is 0 Å². The first-order valence-electron chi connectivity index (χ1n) is 5.25. The Morgan fingerprint density at radius 3 is 2.11 bits per heavy atom. The van der Waals surface area contributed by atoms with Gasteiger partial charge >= 0.3 is 18.3 Å². The van der Waals surface area contributed by atoms with E-state index in [-0.39, 0.29) is 6.04 Å². The predicted molar refractivity (Wildman–Crippen MR) is 53.7 cm³/mol. The molecule has 0 aliphatic carbocycles. The maximum absolute atomic E-state index is 12.0. The fourth-order valence-electron chi connectivity index (χ4n) is 1.35. The Morgan fingerprint density at radius 2 is 1.79 bits per heavy atom. The Kier molecular flexibility index (Phi) is 6.57. The molecule has 114 valence electrons. The third kappa shape index (κ3) is 8.65. The summed E-state index contributed by atoms with van der Waals surface area (Å²) in [6, 6.07) is -0.0135. The van der Waals surface area contributed by atoms with Crippen molar-refractivity contribution in [3.05, 3.63) is 0 Å². The Labute approximate surface area is 105 Å². The topological polar surface area (TPSA) is 52.6 Å². The van der Waals surface area contributed by atoms with Crippen molar-refractivity contribution >= 4 is 5.97 Å². The van der Waals surface area contributed by atoms with Crippen molar-refractivity contribution in [1.82, 2.24) is 10.2 Å². The number of carboxylic acid groups (broad SMARTS) is 1. The molecular formula is C9H14F6N2O2. The van der Waals surface area contributed by atoms with Crippen molar-refractivity contribution in [2.45, 2.75) is 25.3 Å². The van der Waals surface area contributed by atoms with Gasteiger partial charge in [0.05, 0.1) is 6.54 Å². The fourth-order valence-corrected chi connectivity index (χ4v) is 1.35. The quantitative estimate of drug-likeness (QED) is 0.720. The van der Waals surface area contributed by atoms with Gasteiger partial charge in [-0.1, -0.05) is 0 Å². The minimum atomic E-state index is -5.08. The standard InChI is InChI=1S/C7H13F3N2.C2HF3O2/c1-6-4-11-2-3-12(6)5-7(8,9)10;3-2(4,5)1(6)7/h6,11H,2-5H2,1H3;(H,6,7)/t6-;/m1./s1. The van der Waals surface area contributed by atoms with E-state index in [0.29, 0.717) is 19.6 Å². The number of rotatable bonds is 1. The van der Waals surface area contributed by atoms with Crippen LogP contribution in [-0.2, 0) is 4.79 Å². The van der Waals surface area contributed by atoms with Crippen LogP contribution in [0.5, 0.6) is 0 Å². The van der Waals surface area contributed by atoms with Crippen LogP contribution in [0.4, 0.5) is 26.3 Å². The largest absolute Gasteiger partial charge is 0.490 e. The van der Waals surface area contributed by atoms with Crippen molar-refractivity contribution in [3.63, 3.8) is 0 Å². The zero-order valence-electron chi connectivity index (χ0n) is 9.98. The Morgan fingerprint density at radius 1 is 1.32 bits per heavy atom. The maximum atomic E-state index is 12.0. The highest BCUT2D eigenvalue weighted by molar-refractivity contribution is 5.73. The highest BCUT2D eigenvalue weighted by Crippen LogP contribution is 2.18. The zero-order chi connectivity index (χ0) is 15.3. The van der Waals surface area contributed by atoms with E-state index in [0.717, 1.165) is 0 Å². The molecule has 0 aromatic carbocycles. The molecule has 0 unspecified atom stereocenters. The number of nitrogens with zero attached hydrogens (tertiary/aromatic N) is 1. The molecule has 1 fully saturated rings. The lowest BCUT2D eigenvalue weighted by molar-refractivity contribution is -0.192. The average Bonchev–Trinajstić information content (AvgIpc) is 2.19. The van der Waals surface area contributed by atoms with E-state index in [2.05, 4.69) is 5.32 Å². The van der Waals surface area contributed by atoms with Gasteiger partial charge < -0.3 is 10.4 Å². The number of hydrogen-bond acceptors (Lipinski definition) is 3. The lowest BCUT2D eigenvalue weighted by atomic mass is 10.2. The van der Waals surface area contributed by atoms with Crippen LogP contribution in [0.2, 0.25) is 0 Å². The lowest BCUT2D eigenvalue weighted by Crippen LogP contribution is -2.52. The first-order chi connectivity index (χ1) is 8.43. The van der Waals surface area contributed by atoms with Gasteiger partial charge in [-0.3, -0.25) is 4.90 Å². The molecular weight excluding hydrogens is 282 g/mol. The summed E-state index contributed by atoms with van der Waals surface area (Å²) in [4.78, 5) is 10.4. The summed E-state index contributed by atoms with van der Waals surface area (Å²) in [7, 11) is 0. The maximum Gasteiger partial charge on any atom is 0.490 e. The number of halogens is 6. The number of alkyl halides is 6. The highest BCUT2D eigenvalue weighted by atomic mass is 19.4. The summed E-state index contributed by atoms with van der Waals surface area (Å²) in [5, 5.41) is 10.2. The van der Waals surface area contributed by atoms with Crippen LogP contribution in [-0.4, -0.2) is 60.5 Å². The van der Waals surface area contributed by atoms with Crippen molar-refractivity contribution in [1.29, 1.82) is 0 Å². The molecule has 1 saturated heterocycles. The Hall–Kier alpha value is -1.03. The second-order valence-electron chi connectivity index (χ2n) is 3.94. The summed E-state index contributed by atoms with van der Waals surface area (Å²) >= 11 is 0. The van der Waals surface area contributed by atoms with Gasteiger partial charge in [0.2, 0.25) is 0 Å². The fraction of sp³-hybridized carbons (Fsp3) is 0.889. The zero-order valence-corrected chi connectivity index (χ0v) is 9.98. The van der Waals surface area contributed by atoms with Gasteiger partial charge in [0, 0.05) is 25.7 Å². The first-order valence-corrected chi connectivity index (χ1v) is 5.25. The molecule has 1 aliphatic heterocycles. The van der Waals surface area contributed by atoms with Crippen LogP contribution >= 0.6 is 0 Å². The van der Waals surface area contributed by atoms with E-state index in [1.165, 1.54) is 4.90 Å². The number of carboxylic acids is 1. The number of piperazine rings is 1. The van der Waals surface area contributed by atoms with Crippen molar-refractivity contribution in [2.75, 3.05) is 26.2 Å². The molecule has 0 spiro atoms. The molecule has 0 aromatic rings. The molecule has 2 N–H and O–H groups in total. The van der Waals surface area contributed by atoms with Crippen LogP contribution in [0.3, 0.4) is 0 Å². The molecule has 1 aliphatic rings. The van der Waals surface area contributed by atoms with Crippen LogP contribution < -0.4 is 5.32 Å². The third-order valence-corrected chi connectivity index (χ3v) is 2.26. The van der Waals surface area contributed by atoms with Crippen molar-refractivity contribution in [2.24, 2.45) is 0 Å². The number of aliphatic carboxylic acids is 1. The lowest BCUT2D eigenvalue weighted by Gasteiger charge is -2.34. The second kappa shape index (κ2) is 6.94. The van der Waals surface area contributed by atoms with E-state index in [4.69, 9.17) is 9.90 Å². The summed E-state index contributed by atoms with van der Waals surface area (Å²) in [6.07, 6.45) is -9.15. The molecule has 0 bridgehead atoms. The normalized spacial score (nSPS) is 21.5. The van der Waals surface area contributed by atoms with E-state index < -0.39 is 24.9 Å². The highest BCUT2D eigenvalue weighted by Gasteiger charge is 2.38. The van der Waals surface area contributed by atoms with Gasteiger partial charge in [0.25, 0.3) is 0 Å². The molecule has 4 nitrogen and oxygen atoms in total. The van der Waals surface area contributed by atoms with Crippen LogP contribution in [0.15, 0.2) is 0 Å². The van der Waals surface area contributed by atoms with Gasteiger partial charge in [0.15, 0.2) is 0 Å². The number of nitrogens with one attached hydrogen (secondary N) is 1. The molecule has 1 atom stereocenters. The van der Waals surface area contributed by atoms with E-state index in [9.17, 15) is 26.3 Å². The monoisotopic (exact) mass is 296 g/mol. The third-order valence-electron chi connectivity index (χ3n) is 2.26. The second-order valence-corrected chi connectivity index (χ2v) is 3.94. The number of hydrogen-bond donors (Lipinski definition) is 2. The summed E-state index contributed by atoms with van der Waals surface area (Å²) in [5.74, 6) is -2.76. The molecule has 0 saturated carbocycles. The minimum absolute atomic E-state index is 0.0135. The van der Waals surface area contributed by atoms with Gasteiger partial charge in [-0.2, -0.15) is 26.3 Å².